The van der Waals surface area contributed by atoms with Gasteiger partial charge in [0.2, 0.25) is 0 Å². The van der Waals surface area contributed by atoms with E-state index in [1.165, 1.54) is 29.8 Å². The summed E-state index contributed by atoms with van der Waals surface area (Å²) in [6, 6.07) is 12.7. The van der Waals surface area contributed by atoms with Gasteiger partial charge in [-0.25, -0.2) is 9.59 Å². The molecule has 0 atom stereocenters. The maximum atomic E-state index is 12.6. The molecule has 1 aromatic carbocycles. The van der Waals surface area contributed by atoms with Crippen LogP contribution in [0.15, 0.2) is 53.2 Å². The van der Waals surface area contributed by atoms with Gasteiger partial charge in [0.25, 0.3) is 5.91 Å². The number of esters is 2. The summed E-state index contributed by atoms with van der Waals surface area (Å²) in [7, 11) is 1.21. The molecular formula is C19H15NO5S2. The minimum atomic E-state index is -0.706. The molecular weight excluding hydrogens is 386 g/mol. The fourth-order valence-corrected chi connectivity index (χ4v) is 3.88. The third-order valence-electron chi connectivity index (χ3n) is 3.60. The number of amides is 1. The van der Waals surface area contributed by atoms with E-state index in [0.717, 1.165) is 5.56 Å². The zero-order valence-corrected chi connectivity index (χ0v) is 15.9. The van der Waals surface area contributed by atoms with Crippen molar-refractivity contribution in [3.8, 4) is 11.1 Å². The van der Waals surface area contributed by atoms with Crippen LogP contribution in [0.2, 0.25) is 0 Å². The van der Waals surface area contributed by atoms with Gasteiger partial charge in [0.05, 0.1) is 12.0 Å². The van der Waals surface area contributed by atoms with Crippen molar-refractivity contribution in [3.05, 3.63) is 63.7 Å². The second-order valence-corrected chi connectivity index (χ2v) is 7.13. The molecule has 0 spiro atoms. The van der Waals surface area contributed by atoms with E-state index >= 15 is 0 Å². The Morgan fingerprint density at radius 2 is 1.81 bits per heavy atom. The monoisotopic (exact) mass is 401 g/mol. The molecule has 1 N–H and O–H groups in total. The maximum Gasteiger partial charge on any atom is 0.344 e. The van der Waals surface area contributed by atoms with Crippen LogP contribution < -0.4 is 5.32 Å². The molecule has 138 valence electrons. The Balaban J connectivity index is 1.93. The van der Waals surface area contributed by atoms with Crippen LogP contribution in [0.1, 0.15) is 20.0 Å². The van der Waals surface area contributed by atoms with Crippen molar-refractivity contribution in [1.29, 1.82) is 0 Å². The van der Waals surface area contributed by atoms with Gasteiger partial charge < -0.3 is 14.8 Å². The molecule has 8 heteroatoms. The van der Waals surface area contributed by atoms with Crippen LogP contribution in [0.25, 0.3) is 11.1 Å². The second kappa shape index (κ2) is 8.61. The summed E-state index contributed by atoms with van der Waals surface area (Å²) in [5.41, 5.74) is 1.63. The zero-order chi connectivity index (χ0) is 19.2. The van der Waals surface area contributed by atoms with E-state index in [2.05, 4.69) is 10.1 Å². The third-order valence-corrected chi connectivity index (χ3v) is 5.36. The predicted molar refractivity (Wildman–Crippen MR) is 104 cm³/mol. The number of rotatable bonds is 6. The Hall–Kier alpha value is -2.97. The normalized spacial score (nSPS) is 10.3. The van der Waals surface area contributed by atoms with Crippen molar-refractivity contribution < 1.29 is 23.9 Å². The lowest BCUT2D eigenvalue weighted by Crippen LogP contribution is -2.17. The molecule has 0 unspecified atom stereocenters. The Bertz CT molecular complexity index is 948. The summed E-state index contributed by atoms with van der Waals surface area (Å²) in [6.45, 7) is -0.502. The fourth-order valence-electron chi connectivity index (χ4n) is 2.31. The first-order chi connectivity index (χ1) is 13.1. The second-order valence-electron chi connectivity index (χ2n) is 5.30. The van der Waals surface area contributed by atoms with Crippen LogP contribution in [0.5, 0.6) is 0 Å². The summed E-state index contributed by atoms with van der Waals surface area (Å²) in [5, 5.41) is 6.69. The summed E-state index contributed by atoms with van der Waals surface area (Å²) in [4.78, 5) is 36.8. The SMILES string of the molecule is COC(=O)COC(=O)c1c(-c2ccccc2)csc1NC(=O)c1cccs1. The molecule has 0 radical (unpaired) electrons. The van der Waals surface area contributed by atoms with E-state index in [1.54, 1.807) is 22.9 Å². The molecule has 27 heavy (non-hydrogen) atoms. The average Bonchev–Trinajstić information content (AvgIpc) is 3.36. The Labute approximate surface area is 163 Å². The van der Waals surface area contributed by atoms with Gasteiger partial charge in [0.1, 0.15) is 10.6 Å². The molecule has 3 rings (SSSR count). The van der Waals surface area contributed by atoms with Gasteiger partial charge in [-0.15, -0.1) is 22.7 Å². The summed E-state index contributed by atoms with van der Waals surface area (Å²) >= 11 is 2.52. The molecule has 0 aliphatic heterocycles. The van der Waals surface area contributed by atoms with Crippen LogP contribution in [-0.4, -0.2) is 31.6 Å². The van der Waals surface area contributed by atoms with E-state index < -0.39 is 18.5 Å². The van der Waals surface area contributed by atoms with E-state index in [9.17, 15) is 14.4 Å². The van der Waals surface area contributed by atoms with Gasteiger partial charge in [0.15, 0.2) is 6.61 Å². The van der Waals surface area contributed by atoms with Crippen molar-refractivity contribution >= 4 is 45.5 Å². The number of thiophene rings is 2. The number of ether oxygens (including phenoxy) is 2. The van der Waals surface area contributed by atoms with Crippen LogP contribution in [0, 0.1) is 0 Å². The smallest absolute Gasteiger partial charge is 0.344 e. The number of methoxy groups -OCH3 is 1. The molecule has 2 heterocycles. The van der Waals surface area contributed by atoms with Crippen molar-refractivity contribution in [1.82, 2.24) is 0 Å². The molecule has 1 amide bonds. The van der Waals surface area contributed by atoms with Crippen LogP contribution in [0.3, 0.4) is 0 Å². The number of anilines is 1. The molecule has 0 aliphatic rings. The third kappa shape index (κ3) is 4.42. The number of nitrogens with one attached hydrogen (secondary N) is 1. The Morgan fingerprint density at radius 3 is 2.48 bits per heavy atom. The number of carbonyl (C=O) groups is 3. The lowest BCUT2D eigenvalue weighted by atomic mass is 10.0. The molecule has 0 saturated carbocycles. The number of hydrogen-bond donors (Lipinski definition) is 1. The highest BCUT2D eigenvalue weighted by atomic mass is 32.1. The summed E-state index contributed by atoms with van der Waals surface area (Å²) < 4.78 is 9.55. The molecule has 3 aromatic rings. The lowest BCUT2D eigenvalue weighted by molar-refractivity contribution is -0.144. The Kier molecular flexibility index (Phi) is 6.00. The summed E-state index contributed by atoms with van der Waals surface area (Å²) in [5.74, 6) is -1.68. The summed E-state index contributed by atoms with van der Waals surface area (Å²) in [6.07, 6.45) is 0. The minimum Gasteiger partial charge on any atom is -0.466 e. The number of hydrogen-bond acceptors (Lipinski definition) is 7. The lowest BCUT2D eigenvalue weighted by Gasteiger charge is -2.09. The first-order valence-electron chi connectivity index (χ1n) is 7.86. The number of benzene rings is 1. The predicted octanol–water partition coefficient (Wildman–Crippen LogP) is 4.06. The highest BCUT2D eigenvalue weighted by Gasteiger charge is 2.24. The van der Waals surface area contributed by atoms with Gasteiger partial charge >= 0.3 is 11.9 Å². The molecule has 0 aliphatic carbocycles. The largest absolute Gasteiger partial charge is 0.466 e. The molecule has 0 fully saturated rings. The zero-order valence-electron chi connectivity index (χ0n) is 14.3. The van der Waals surface area contributed by atoms with Gasteiger partial charge in [-0.2, -0.15) is 0 Å². The van der Waals surface area contributed by atoms with E-state index in [1.807, 2.05) is 30.3 Å². The van der Waals surface area contributed by atoms with Crippen molar-refractivity contribution in [2.75, 3.05) is 19.0 Å². The Morgan fingerprint density at radius 1 is 1.04 bits per heavy atom. The highest BCUT2D eigenvalue weighted by Crippen LogP contribution is 2.36. The van der Waals surface area contributed by atoms with Crippen molar-refractivity contribution in [2.24, 2.45) is 0 Å². The first-order valence-corrected chi connectivity index (χ1v) is 9.61. The quantitative estimate of drug-likeness (QED) is 0.630. The fraction of sp³-hybridized carbons (Fsp3) is 0.105. The van der Waals surface area contributed by atoms with Crippen LogP contribution in [0.4, 0.5) is 5.00 Å². The molecule has 0 bridgehead atoms. The van der Waals surface area contributed by atoms with E-state index in [-0.39, 0.29) is 11.5 Å². The van der Waals surface area contributed by atoms with Gasteiger partial charge in [0, 0.05) is 10.9 Å². The molecule has 2 aromatic heterocycles. The molecule has 0 saturated heterocycles. The van der Waals surface area contributed by atoms with Gasteiger partial charge in [-0.1, -0.05) is 36.4 Å². The maximum absolute atomic E-state index is 12.6. The van der Waals surface area contributed by atoms with Crippen molar-refractivity contribution in [2.45, 2.75) is 0 Å². The molecule has 6 nitrogen and oxygen atoms in total. The van der Waals surface area contributed by atoms with Crippen molar-refractivity contribution in [3.63, 3.8) is 0 Å². The average molecular weight is 401 g/mol. The van der Waals surface area contributed by atoms with Gasteiger partial charge in [-0.3, -0.25) is 4.79 Å². The van der Waals surface area contributed by atoms with Gasteiger partial charge in [-0.05, 0) is 17.0 Å². The standard InChI is InChI=1S/C19H15NO5S2/c1-24-15(21)10-25-19(23)16-13(12-6-3-2-4-7-12)11-27-18(16)20-17(22)14-8-5-9-26-14/h2-9,11H,10H2,1H3,(H,20,22). The topological polar surface area (TPSA) is 81.7 Å². The highest BCUT2D eigenvalue weighted by molar-refractivity contribution is 7.15. The minimum absolute atomic E-state index is 0.208. The first kappa shape index (κ1) is 18.8. The van der Waals surface area contributed by atoms with E-state index in [0.29, 0.717) is 15.4 Å². The van der Waals surface area contributed by atoms with Crippen LogP contribution in [-0.2, 0) is 14.3 Å². The number of carbonyl (C=O) groups excluding carboxylic acids is 3. The van der Waals surface area contributed by atoms with Crippen LogP contribution >= 0.6 is 22.7 Å². The van der Waals surface area contributed by atoms with E-state index in [4.69, 9.17) is 4.74 Å².